The molecule has 0 unspecified atom stereocenters. The fraction of sp³-hybridized carbons (Fsp3) is 0.381. The molecule has 0 aliphatic carbocycles. The van der Waals surface area contributed by atoms with Crippen LogP contribution in [-0.4, -0.2) is 48.5 Å². The average Bonchev–Trinajstić information content (AvgIpc) is 3.33. The Balaban J connectivity index is 1.20. The van der Waals surface area contributed by atoms with Gasteiger partial charge in [-0.15, -0.1) is 0 Å². The van der Waals surface area contributed by atoms with Gasteiger partial charge in [0.05, 0.1) is 4.70 Å². The summed E-state index contributed by atoms with van der Waals surface area (Å²) in [5, 5.41) is 5.58. The van der Waals surface area contributed by atoms with Gasteiger partial charge in [-0.25, -0.2) is 0 Å². The smallest absolute Gasteiger partial charge is 0.150 e. The Labute approximate surface area is 168 Å². The summed E-state index contributed by atoms with van der Waals surface area (Å²) in [6, 6.07) is 12.9. The summed E-state index contributed by atoms with van der Waals surface area (Å²) >= 11 is 8.10. The van der Waals surface area contributed by atoms with Crippen molar-refractivity contribution >= 4 is 44.7 Å². The maximum atomic E-state index is 6.50. The van der Waals surface area contributed by atoms with Crippen LogP contribution < -0.4 is 10.2 Å². The molecule has 3 aromatic rings. The largest absolute Gasteiger partial charge is 0.384 e. The van der Waals surface area contributed by atoms with Gasteiger partial charge in [0.15, 0.2) is 0 Å². The number of anilines is 2. The summed E-state index contributed by atoms with van der Waals surface area (Å²) in [6.45, 7) is 6.33. The lowest BCUT2D eigenvalue weighted by molar-refractivity contribution is 0.261. The van der Waals surface area contributed by atoms with Crippen molar-refractivity contribution in [2.24, 2.45) is 0 Å². The second-order valence-corrected chi connectivity index (χ2v) is 8.57. The van der Waals surface area contributed by atoms with E-state index in [0.29, 0.717) is 0 Å². The van der Waals surface area contributed by atoms with Gasteiger partial charge in [0.1, 0.15) is 5.82 Å². The molecule has 2 aliphatic heterocycles. The highest BCUT2D eigenvalue weighted by molar-refractivity contribution is 7.13. The molecule has 0 spiro atoms. The predicted octanol–water partition coefficient (Wildman–Crippen LogP) is 4.28. The van der Waals surface area contributed by atoms with E-state index in [2.05, 4.69) is 51.5 Å². The minimum Gasteiger partial charge on any atom is -0.384 e. The third kappa shape index (κ3) is 3.40. The molecule has 0 bridgehead atoms. The van der Waals surface area contributed by atoms with Crippen LogP contribution in [0.3, 0.4) is 0 Å². The minimum atomic E-state index is 0.899. The van der Waals surface area contributed by atoms with Crippen molar-refractivity contribution in [1.82, 2.24) is 9.27 Å². The highest BCUT2D eigenvalue weighted by atomic mass is 35.5. The van der Waals surface area contributed by atoms with Gasteiger partial charge in [0.2, 0.25) is 0 Å². The quantitative estimate of drug-likeness (QED) is 0.710. The lowest BCUT2D eigenvalue weighted by Crippen LogP contribution is -2.47. The lowest BCUT2D eigenvalue weighted by Gasteiger charge is -2.35. The van der Waals surface area contributed by atoms with Gasteiger partial charge in [0, 0.05) is 55.4 Å². The van der Waals surface area contributed by atoms with E-state index in [-0.39, 0.29) is 0 Å². The number of nitrogens with one attached hydrogen (secondary N) is 1. The van der Waals surface area contributed by atoms with Gasteiger partial charge in [-0.05, 0) is 53.7 Å². The third-order valence-corrected chi connectivity index (χ3v) is 6.88. The molecule has 0 atom stereocenters. The van der Waals surface area contributed by atoms with Crippen LogP contribution in [0.4, 0.5) is 11.5 Å². The molecule has 0 saturated carbocycles. The molecule has 1 N–H and O–H groups in total. The molecular formula is C21H23ClN4S. The third-order valence-electron chi connectivity index (χ3n) is 5.71. The van der Waals surface area contributed by atoms with Crippen molar-refractivity contribution < 1.29 is 0 Å². The van der Waals surface area contributed by atoms with Crippen LogP contribution in [0.5, 0.6) is 0 Å². The van der Waals surface area contributed by atoms with Crippen LogP contribution in [0, 0.1) is 0 Å². The van der Waals surface area contributed by atoms with Crippen molar-refractivity contribution in [1.29, 1.82) is 0 Å². The zero-order valence-electron chi connectivity index (χ0n) is 15.2. The van der Waals surface area contributed by atoms with Crippen molar-refractivity contribution in [3.63, 3.8) is 0 Å². The molecule has 1 aromatic heterocycles. The molecule has 6 heteroatoms. The predicted molar refractivity (Wildman–Crippen MR) is 116 cm³/mol. The van der Waals surface area contributed by atoms with Crippen LogP contribution in [0.1, 0.15) is 11.1 Å². The van der Waals surface area contributed by atoms with Crippen molar-refractivity contribution in [3.8, 4) is 0 Å². The molecule has 5 rings (SSSR count). The summed E-state index contributed by atoms with van der Waals surface area (Å²) in [7, 11) is 0. The number of rotatable bonds is 4. The highest BCUT2D eigenvalue weighted by Crippen LogP contribution is 2.31. The van der Waals surface area contributed by atoms with Gasteiger partial charge in [0.25, 0.3) is 0 Å². The van der Waals surface area contributed by atoms with Gasteiger partial charge in [-0.2, -0.15) is 4.37 Å². The van der Waals surface area contributed by atoms with Crippen LogP contribution in [0.2, 0.25) is 5.02 Å². The number of fused-ring (bicyclic) bond motifs is 2. The normalized spacial score (nSPS) is 17.3. The molecule has 1 fully saturated rings. The topological polar surface area (TPSA) is 31.4 Å². The molecule has 1 saturated heterocycles. The van der Waals surface area contributed by atoms with E-state index in [1.165, 1.54) is 26.9 Å². The summed E-state index contributed by atoms with van der Waals surface area (Å²) in [6.07, 6.45) is 2.13. The Morgan fingerprint density at radius 1 is 1.11 bits per heavy atom. The number of piperazine rings is 1. The van der Waals surface area contributed by atoms with Crippen molar-refractivity contribution in [2.75, 3.05) is 49.5 Å². The van der Waals surface area contributed by atoms with E-state index in [0.717, 1.165) is 63.0 Å². The molecular weight excluding hydrogens is 376 g/mol. The van der Waals surface area contributed by atoms with E-state index in [9.17, 15) is 0 Å². The molecule has 2 aromatic carbocycles. The Hall–Kier alpha value is -1.82. The number of halogens is 1. The Bertz CT molecular complexity index is 962. The standard InChI is InChI=1S/C21H23ClN4S/c22-18-14-19-16(5-7-23-19)13-15(18)6-8-25-9-11-26(12-10-25)21-17-3-1-2-4-20(17)27-24-21/h1-4,13-14,23H,5-12H2. The van der Waals surface area contributed by atoms with Gasteiger partial charge in [-0.1, -0.05) is 29.8 Å². The van der Waals surface area contributed by atoms with E-state index in [1.807, 2.05) is 0 Å². The van der Waals surface area contributed by atoms with E-state index in [1.54, 1.807) is 11.5 Å². The maximum Gasteiger partial charge on any atom is 0.150 e. The summed E-state index contributed by atoms with van der Waals surface area (Å²) in [5.41, 5.74) is 3.91. The lowest BCUT2D eigenvalue weighted by atomic mass is 10.1. The Morgan fingerprint density at radius 2 is 1.96 bits per heavy atom. The SMILES string of the molecule is Clc1cc2c(cc1CCN1CCN(c3nsc4ccccc34)CC1)CCN2. The fourth-order valence-corrected chi connectivity index (χ4v) is 5.18. The van der Waals surface area contributed by atoms with E-state index >= 15 is 0 Å². The number of benzene rings is 2. The van der Waals surface area contributed by atoms with E-state index in [4.69, 9.17) is 16.0 Å². The summed E-state index contributed by atoms with van der Waals surface area (Å²) < 4.78 is 5.98. The van der Waals surface area contributed by atoms with Gasteiger partial charge >= 0.3 is 0 Å². The van der Waals surface area contributed by atoms with Crippen molar-refractivity contribution in [2.45, 2.75) is 12.8 Å². The number of hydrogen-bond donors (Lipinski definition) is 1. The van der Waals surface area contributed by atoms with Crippen LogP contribution in [0.15, 0.2) is 36.4 Å². The first-order valence-corrected chi connectivity index (χ1v) is 10.8. The van der Waals surface area contributed by atoms with Crippen LogP contribution in [-0.2, 0) is 12.8 Å². The molecule has 0 radical (unpaired) electrons. The second-order valence-electron chi connectivity index (χ2n) is 7.36. The zero-order valence-corrected chi connectivity index (χ0v) is 16.8. The Kier molecular flexibility index (Phi) is 4.68. The first-order chi connectivity index (χ1) is 13.3. The molecule has 0 amide bonds. The van der Waals surface area contributed by atoms with Crippen LogP contribution in [0.25, 0.3) is 10.1 Å². The molecule has 140 valence electrons. The highest BCUT2D eigenvalue weighted by Gasteiger charge is 2.21. The van der Waals surface area contributed by atoms with Crippen molar-refractivity contribution in [3.05, 3.63) is 52.5 Å². The number of aromatic nitrogens is 1. The fourth-order valence-electron chi connectivity index (χ4n) is 4.13. The summed E-state index contributed by atoms with van der Waals surface area (Å²) in [5.74, 6) is 1.16. The molecule has 3 heterocycles. The summed E-state index contributed by atoms with van der Waals surface area (Å²) in [4.78, 5) is 4.98. The van der Waals surface area contributed by atoms with E-state index < -0.39 is 0 Å². The minimum absolute atomic E-state index is 0.899. The number of nitrogens with zero attached hydrogens (tertiary/aromatic N) is 3. The molecule has 4 nitrogen and oxygen atoms in total. The second kappa shape index (κ2) is 7.30. The first kappa shape index (κ1) is 17.3. The average molecular weight is 399 g/mol. The van der Waals surface area contributed by atoms with Gasteiger partial charge in [-0.3, -0.25) is 4.90 Å². The monoisotopic (exact) mass is 398 g/mol. The molecule has 27 heavy (non-hydrogen) atoms. The zero-order chi connectivity index (χ0) is 18.2. The molecule has 2 aliphatic rings. The van der Waals surface area contributed by atoms with Gasteiger partial charge < -0.3 is 10.2 Å². The maximum absolute atomic E-state index is 6.50. The Morgan fingerprint density at radius 3 is 2.85 bits per heavy atom. The van der Waals surface area contributed by atoms with Crippen LogP contribution >= 0.6 is 23.1 Å². The number of hydrogen-bond acceptors (Lipinski definition) is 5. The first-order valence-electron chi connectivity index (χ1n) is 9.65.